The lowest BCUT2D eigenvalue weighted by Crippen LogP contribution is -2.37. The summed E-state index contributed by atoms with van der Waals surface area (Å²) in [6.07, 6.45) is 5.23. The average Bonchev–Trinajstić information content (AvgIpc) is 2.26. The maximum absolute atomic E-state index is 6.10. The van der Waals surface area contributed by atoms with Crippen molar-refractivity contribution >= 4 is 8.32 Å². The highest BCUT2D eigenvalue weighted by Gasteiger charge is 2.34. The van der Waals surface area contributed by atoms with Crippen molar-refractivity contribution in [1.82, 2.24) is 9.80 Å². The Morgan fingerprint density at radius 2 is 1.33 bits per heavy atom. The van der Waals surface area contributed by atoms with Crippen LogP contribution in [0.1, 0.15) is 39.5 Å². The molecule has 0 fully saturated rings. The fourth-order valence-electron chi connectivity index (χ4n) is 3.42. The molecule has 0 aliphatic heterocycles. The first-order chi connectivity index (χ1) is 9.60. The second kappa shape index (κ2) is 9.98. The Morgan fingerprint density at radius 3 is 1.67 bits per heavy atom. The number of rotatable bonds is 12. The van der Waals surface area contributed by atoms with E-state index in [2.05, 4.69) is 64.9 Å². The molecular weight excluding hydrogens is 276 g/mol. The smallest absolute Gasteiger partial charge is 0.187 e. The van der Waals surface area contributed by atoms with Gasteiger partial charge in [0.2, 0.25) is 0 Å². The number of hydrogen-bond donors (Lipinski definition) is 0. The van der Waals surface area contributed by atoms with Crippen molar-refractivity contribution in [1.29, 1.82) is 0 Å². The van der Waals surface area contributed by atoms with Crippen molar-refractivity contribution < 1.29 is 4.43 Å². The van der Waals surface area contributed by atoms with Crippen molar-refractivity contribution in [2.24, 2.45) is 5.41 Å². The van der Waals surface area contributed by atoms with Crippen LogP contribution in [0.5, 0.6) is 0 Å². The Bertz CT molecular complexity index is 254. The summed E-state index contributed by atoms with van der Waals surface area (Å²) in [5.74, 6) is 0. The first-order valence-electron chi connectivity index (χ1n) is 8.54. The zero-order valence-corrected chi connectivity index (χ0v) is 17.0. The van der Waals surface area contributed by atoms with Crippen LogP contribution >= 0.6 is 0 Å². The lowest BCUT2D eigenvalue weighted by Gasteiger charge is -2.37. The summed E-state index contributed by atoms with van der Waals surface area (Å²) in [7, 11) is 7.16. The third-order valence-electron chi connectivity index (χ3n) is 4.16. The Labute approximate surface area is 135 Å². The minimum absolute atomic E-state index is 0.441. The molecule has 0 aliphatic rings. The molecule has 0 heterocycles. The fraction of sp³-hybridized carbons (Fsp3) is 1.00. The minimum Gasteiger partial charge on any atom is -0.418 e. The molecule has 0 aromatic carbocycles. The van der Waals surface area contributed by atoms with E-state index in [4.69, 9.17) is 4.43 Å². The lowest BCUT2D eigenvalue weighted by atomic mass is 9.82. The third-order valence-corrected chi connectivity index (χ3v) is 6.93. The van der Waals surface area contributed by atoms with Crippen LogP contribution in [0.15, 0.2) is 0 Å². The van der Waals surface area contributed by atoms with Gasteiger partial charge in [-0.1, -0.05) is 6.92 Å². The predicted molar refractivity (Wildman–Crippen MR) is 97.6 cm³/mol. The van der Waals surface area contributed by atoms with Gasteiger partial charge in [-0.15, -0.1) is 0 Å². The molecule has 0 aliphatic carbocycles. The van der Waals surface area contributed by atoms with Crippen LogP contribution in [0.25, 0.3) is 0 Å². The second-order valence-electron chi connectivity index (χ2n) is 7.99. The summed E-state index contributed by atoms with van der Waals surface area (Å²) in [6.45, 7) is 12.6. The number of hydrogen-bond acceptors (Lipinski definition) is 3. The summed E-state index contributed by atoms with van der Waals surface area (Å²) in [4.78, 5) is 4.59. The monoisotopic (exact) mass is 316 g/mol. The van der Waals surface area contributed by atoms with Gasteiger partial charge in [-0.2, -0.15) is 0 Å². The van der Waals surface area contributed by atoms with Crippen LogP contribution in [0.2, 0.25) is 19.1 Å². The van der Waals surface area contributed by atoms with E-state index in [1.54, 1.807) is 0 Å². The van der Waals surface area contributed by atoms with Gasteiger partial charge in [-0.25, -0.2) is 0 Å². The molecule has 0 radical (unpaired) electrons. The summed E-state index contributed by atoms with van der Waals surface area (Å²) < 4.78 is 6.10. The van der Waals surface area contributed by atoms with Crippen LogP contribution in [-0.4, -0.2) is 66.0 Å². The van der Waals surface area contributed by atoms with Crippen molar-refractivity contribution in [2.75, 3.05) is 47.9 Å². The van der Waals surface area contributed by atoms with Crippen molar-refractivity contribution in [3.63, 3.8) is 0 Å². The fourth-order valence-corrected chi connectivity index (χ4v) is 6.71. The molecule has 21 heavy (non-hydrogen) atoms. The second-order valence-corrected chi connectivity index (χ2v) is 12.2. The molecule has 0 bridgehead atoms. The van der Waals surface area contributed by atoms with Crippen LogP contribution in [-0.2, 0) is 4.43 Å². The van der Waals surface area contributed by atoms with Crippen LogP contribution in [0, 0.1) is 5.41 Å². The molecule has 0 saturated heterocycles. The van der Waals surface area contributed by atoms with Crippen molar-refractivity contribution in [2.45, 2.75) is 58.7 Å². The Morgan fingerprint density at radius 1 is 0.905 bits per heavy atom. The van der Waals surface area contributed by atoms with Gasteiger partial charge in [0.1, 0.15) is 0 Å². The normalized spacial score (nSPS) is 13.4. The Hall–Kier alpha value is 0.0969. The van der Waals surface area contributed by atoms with Gasteiger partial charge < -0.3 is 14.2 Å². The largest absolute Gasteiger partial charge is 0.418 e. The highest BCUT2D eigenvalue weighted by molar-refractivity contribution is 6.71. The summed E-state index contributed by atoms with van der Waals surface area (Å²) in [6, 6.07) is 1.29. The van der Waals surface area contributed by atoms with Gasteiger partial charge in [-0.05, 0) is 98.4 Å². The molecule has 0 N–H and O–H groups in total. The molecule has 0 amide bonds. The van der Waals surface area contributed by atoms with Gasteiger partial charge in [-0.3, -0.25) is 0 Å². The van der Waals surface area contributed by atoms with E-state index < -0.39 is 8.32 Å². The standard InChI is InChI=1S/C17H40N2OSi/c1-9-20-21(7,8)16-17(2,12-10-14-18(3)4)13-11-15-19(5)6/h9-16H2,1-8H3. The zero-order valence-electron chi connectivity index (χ0n) is 16.0. The zero-order chi connectivity index (χ0) is 16.5. The molecule has 0 aromatic rings. The van der Waals surface area contributed by atoms with Gasteiger partial charge >= 0.3 is 0 Å². The maximum atomic E-state index is 6.10. The summed E-state index contributed by atoms with van der Waals surface area (Å²) >= 11 is 0. The molecule has 3 nitrogen and oxygen atoms in total. The van der Waals surface area contributed by atoms with Gasteiger partial charge in [0.25, 0.3) is 0 Å². The highest BCUT2D eigenvalue weighted by atomic mass is 28.4. The molecule has 0 saturated carbocycles. The molecular formula is C17H40N2OSi. The molecule has 0 spiro atoms. The number of nitrogens with zero attached hydrogens (tertiary/aromatic N) is 2. The first-order valence-corrected chi connectivity index (χ1v) is 11.7. The van der Waals surface area contributed by atoms with E-state index in [-0.39, 0.29) is 0 Å². The summed E-state index contributed by atoms with van der Waals surface area (Å²) in [5, 5.41) is 0. The molecule has 0 atom stereocenters. The van der Waals surface area contributed by atoms with Crippen LogP contribution in [0.4, 0.5) is 0 Å². The van der Waals surface area contributed by atoms with E-state index in [1.165, 1.54) is 44.8 Å². The van der Waals surface area contributed by atoms with Gasteiger partial charge in [0, 0.05) is 6.61 Å². The SMILES string of the molecule is CCO[Si](C)(C)CC(C)(CCCN(C)C)CCCN(C)C. The quantitative estimate of drug-likeness (QED) is 0.508. The molecule has 0 unspecified atom stereocenters. The Balaban J connectivity index is 4.56. The third kappa shape index (κ3) is 11.3. The first kappa shape index (κ1) is 21.1. The topological polar surface area (TPSA) is 15.7 Å². The predicted octanol–water partition coefficient (Wildman–Crippen LogP) is 3.92. The van der Waals surface area contributed by atoms with E-state index in [1.807, 2.05) is 0 Å². The van der Waals surface area contributed by atoms with E-state index in [0.717, 1.165) is 6.61 Å². The summed E-state index contributed by atoms with van der Waals surface area (Å²) in [5.41, 5.74) is 0.441. The van der Waals surface area contributed by atoms with Gasteiger partial charge in [0.05, 0.1) is 0 Å². The molecule has 4 heteroatoms. The van der Waals surface area contributed by atoms with E-state index in [9.17, 15) is 0 Å². The molecule has 0 rings (SSSR count). The average molecular weight is 317 g/mol. The van der Waals surface area contributed by atoms with E-state index >= 15 is 0 Å². The highest BCUT2D eigenvalue weighted by Crippen LogP contribution is 2.38. The van der Waals surface area contributed by atoms with E-state index in [0.29, 0.717) is 5.41 Å². The van der Waals surface area contributed by atoms with Crippen LogP contribution < -0.4 is 0 Å². The Kier molecular flexibility index (Phi) is 10.0. The van der Waals surface area contributed by atoms with Crippen LogP contribution in [0.3, 0.4) is 0 Å². The minimum atomic E-state index is -1.52. The maximum Gasteiger partial charge on any atom is 0.187 e. The van der Waals surface area contributed by atoms with Crippen molar-refractivity contribution in [3.05, 3.63) is 0 Å². The van der Waals surface area contributed by atoms with Crippen molar-refractivity contribution in [3.8, 4) is 0 Å². The van der Waals surface area contributed by atoms with Gasteiger partial charge in [0.15, 0.2) is 8.32 Å². The lowest BCUT2D eigenvalue weighted by molar-refractivity contribution is 0.235. The molecule has 0 aromatic heterocycles. The molecule has 128 valence electrons.